The van der Waals surface area contributed by atoms with Crippen LogP contribution in [0.1, 0.15) is 23.5 Å². The number of hydrogen-bond donors (Lipinski definition) is 0. The molecule has 0 radical (unpaired) electrons. The lowest BCUT2D eigenvalue weighted by Crippen LogP contribution is -2.10. The Morgan fingerprint density at radius 3 is 2.44 bits per heavy atom. The van der Waals surface area contributed by atoms with Gasteiger partial charge in [-0.05, 0) is 29.5 Å². The van der Waals surface area contributed by atoms with Crippen LogP contribution in [0.2, 0.25) is 0 Å². The van der Waals surface area contributed by atoms with Gasteiger partial charge in [0.1, 0.15) is 5.75 Å². The molecule has 1 unspecified atom stereocenters. The second-order valence-electron chi connectivity index (χ2n) is 4.60. The van der Waals surface area contributed by atoms with Gasteiger partial charge in [0.25, 0.3) is 0 Å². The van der Waals surface area contributed by atoms with E-state index in [0.29, 0.717) is 12.2 Å². The van der Waals surface area contributed by atoms with Gasteiger partial charge in [0.05, 0.1) is 6.42 Å². The van der Waals surface area contributed by atoms with Gasteiger partial charge in [-0.2, -0.15) is 0 Å². The topological polar surface area (TPSA) is 26.3 Å². The predicted octanol–water partition coefficient (Wildman–Crippen LogP) is 3.32. The number of hydrogen-bond acceptors (Lipinski definition) is 2. The first-order valence-corrected chi connectivity index (χ1v) is 6.16. The molecule has 0 N–H and O–H groups in total. The Hall–Kier alpha value is -2.09. The molecule has 1 aliphatic rings. The molecule has 2 nitrogen and oxygen atoms in total. The van der Waals surface area contributed by atoms with Gasteiger partial charge >= 0.3 is 5.97 Å². The van der Waals surface area contributed by atoms with Crippen molar-refractivity contribution in [2.24, 2.45) is 0 Å². The van der Waals surface area contributed by atoms with Crippen molar-refractivity contribution >= 4 is 5.97 Å². The van der Waals surface area contributed by atoms with Crippen LogP contribution in [-0.4, -0.2) is 5.97 Å². The number of carbonyl (C=O) groups excluding carboxylic acids is 1. The molecule has 0 amide bonds. The fourth-order valence-electron chi connectivity index (χ4n) is 2.44. The van der Waals surface area contributed by atoms with E-state index in [2.05, 4.69) is 12.1 Å². The van der Waals surface area contributed by atoms with Gasteiger partial charge in [0.2, 0.25) is 0 Å². The van der Waals surface area contributed by atoms with Crippen molar-refractivity contribution in [2.45, 2.75) is 18.8 Å². The van der Waals surface area contributed by atoms with Crippen LogP contribution in [0.15, 0.2) is 54.6 Å². The zero-order valence-electron chi connectivity index (χ0n) is 10.0. The molecule has 0 saturated heterocycles. The van der Waals surface area contributed by atoms with Crippen LogP contribution in [-0.2, 0) is 11.2 Å². The van der Waals surface area contributed by atoms with E-state index < -0.39 is 0 Å². The molecule has 18 heavy (non-hydrogen) atoms. The van der Waals surface area contributed by atoms with Crippen molar-refractivity contribution in [1.82, 2.24) is 0 Å². The predicted molar refractivity (Wildman–Crippen MR) is 69.6 cm³/mol. The Morgan fingerprint density at radius 2 is 1.61 bits per heavy atom. The van der Waals surface area contributed by atoms with Crippen LogP contribution in [0.5, 0.6) is 5.75 Å². The maximum absolute atomic E-state index is 11.8. The standard InChI is InChI=1S/C16H14O2/c17-16-11-14(12-6-2-1-3-7-12)10-13-8-4-5-9-15(13)18-16/h1-9,14H,10-11H2. The summed E-state index contributed by atoms with van der Waals surface area (Å²) in [5, 5.41) is 0. The molecule has 0 aromatic heterocycles. The third kappa shape index (κ3) is 2.14. The van der Waals surface area contributed by atoms with E-state index in [1.807, 2.05) is 42.5 Å². The van der Waals surface area contributed by atoms with Crippen LogP contribution >= 0.6 is 0 Å². The maximum atomic E-state index is 11.8. The number of para-hydroxylation sites is 1. The van der Waals surface area contributed by atoms with Gasteiger partial charge in [-0.1, -0.05) is 48.5 Å². The Bertz CT molecular complexity index is 560. The molecule has 1 heterocycles. The Labute approximate surface area is 106 Å². The van der Waals surface area contributed by atoms with Gasteiger partial charge in [0, 0.05) is 0 Å². The van der Waals surface area contributed by atoms with Crippen molar-refractivity contribution in [3.8, 4) is 5.75 Å². The summed E-state index contributed by atoms with van der Waals surface area (Å²) in [7, 11) is 0. The van der Waals surface area contributed by atoms with Gasteiger partial charge in [0.15, 0.2) is 0 Å². The third-order valence-corrected chi connectivity index (χ3v) is 3.35. The average molecular weight is 238 g/mol. The molecule has 0 saturated carbocycles. The normalized spacial score (nSPS) is 18.7. The van der Waals surface area contributed by atoms with Crippen molar-refractivity contribution in [3.05, 3.63) is 65.7 Å². The summed E-state index contributed by atoms with van der Waals surface area (Å²) in [5.74, 6) is 0.775. The monoisotopic (exact) mass is 238 g/mol. The molecule has 2 aromatic carbocycles. The summed E-state index contributed by atoms with van der Waals surface area (Å²) >= 11 is 0. The van der Waals surface area contributed by atoms with E-state index in [9.17, 15) is 4.79 Å². The highest BCUT2D eigenvalue weighted by Gasteiger charge is 2.23. The zero-order chi connectivity index (χ0) is 12.4. The highest BCUT2D eigenvalue weighted by molar-refractivity contribution is 5.75. The molecule has 1 atom stereocenters. The van der Waals surface area contributed by atoms with E-state index in [1.54, 1.807) is 0 Å². The van der Waals surface area contributed by atoms with Gasteiger partial charge in [-0.3, -0.25) is 4.79 Å². The highest BCUT2D eigenvalue weighted by Crippen LogP contribution is 2.32. The number of carbonyl (C=O) groups is 1. The Balaban J connectivity index is 1.97. The SMILES string of the molecule is O=C1CC(c2ccccc2)Cc2ccccc2O1. The minimum atomic E-state index is -0.145. The second-order valence-corrected chi connectivity index (χ2v) is 4.60. The summed E-state index contributed by atoms with van der Waals surface area (Å²) in [6.07, 6.45) is 1.30. The fourth-order valence-corrected chi connectivity index (χ4v) is 2.44. The van der Waals surface area contributed by atoms with Gasteiger partial charge in [-0.15, -0.1) is 0 Å². The number of ether oxygens (including phenoxy) is 1. The molecule has 90 valence electrons. The average Bonchev–Trinajstić information content (AvgIpc) is 2.57. The molecule has 1 aliphatic heterocycles. The lowest BCUT2D eigenvalue weighted by atomic mass is 9.90. The van der Waals surface area contributed by atoms with Crippen LogP contribution in [0, 0.1) is 0 Å². The summed E-state index contributed by atoms with van der Waals surface area (Å²) < 4.78 is 5.37. The first kappa shape index (κ1) is 11.0. The number of esters is 1. The minimum absolute atomic E-state index is 0.145. The lowest BCUT2D eigenvalue weighted by molar-refractivity contribution is -0.134. The fraction of sp³-hybridized carbons (Fsp3) is 0.188. The molecule has 2 heteroatoms. The number of rotatable bonds is 1. The largest absolute Gasteiger partial charge is 0.426 e. The summed E-state index contributed by atoms with van der Waals surface area (Å²) in [4.78, 5) is 11.8. The third-order valence-electron chi connectivity index (χ3n) is 3.35. The summed E-state index contributed by atoms with van der Waals surface area (Å²) in [6, 6.07) is 17.9. The molecule has 2 aromatic rings. The quantitative estimate of drug-likeness (QED) is 0.562. The molecule has 0 aliphatic carbocycles. The van der Waals surface area contributed by atoms with E-state index in [1.165, 1.54) is 5.56 Å². The van der Waals surface area contributed by atoms with E-state index in [0.717, 1.165) is 12.0 Å². The van der Waals surface area contributed by atoms with E-state index in [4.69, 9.17) is 4.74 Å². The number of benzene rings is 2. The summed E-state index contributed by atoms with van der Waals surface area (Å²) in [6.45, 7) is 0. The molecular weight excluding hydrogens is 224 g/mol. The molecule has 0 spiro atoms. The maximum Gasteiger partial charge on any atom is 0.311 e. The number of fused-ring (bicyclic) bond motifs is 1. The van der Waals surface area contributed by atoms with Crippen molar-refractivity contribution < 1.29 is 9.53 Å². The Kier molecular flexibility index (Phi) is 2.85. The lowest BCUT2D eigenvalue weighted by Gasteiger charge is -2.12. The molecule has 3 rings (SSSR count). The van der Waals surface area contributed by atoms with E-state index in [-0.39, 0.29) is 11.9 Å². The molecular formula is C16H14O2. The van der Waals surface area contributed by atoms with E-state index >= 15 is 0 Å². The molecule has 0 fully saturated rings. The van der Waals surface area contributed by atoms with Gasteiger partial charge in [-0.25, -0.2) is 0 Å². The highest BCUT2D eigenvalue weighted by atomic mass is 16.5. The first-order chi connectivity index (χ1) is 8.83. The van der Waals surface area contributed by atoms with Crippen molar-refractivity contribution in [1.29, 1.82) is 0 Å². The van der Waals surface area contributed by atoms with Crippen LogP contribution in [0.25, 0.3) is 0 Å². The van der Waals surface area contributed by atoms with Crippen LogP contribution < -0.4 is 4.74 Å². The Morgan fingerprint density at radius 1 is 0.889 bits per heavy atom. The van der Waals surface area contributed by atoms with Gasteiger partial charge < -0.3 is 4.74 Å². The van der Waals surface area contributed by atoms with Crippen LogP contribution in [0.3, 0.4) is 0 Å². The van der Waals surface area contributed by atoms with Crippen LogP contribution in [0.4, 0.5) is 0 Å². The zero-order valence-corrected chi connectivity index (χ0v) is 10.0. The molecule has 0 bridgehead atoms. The van der Waals surface area contributed by atoms with Crippen molar-refractivity contribution in [2.75, 3.05) is 0 Å². The van der Waals surface area contributed by atoms with Crippen molar-refractivity contribution in [3.63, 3.8) is 0 Å². The summed E-state index contributed by atoms with van der Waals surface area (Å²) in [5.41, 5.74) is 2.31. The smallest absolute Gasteiger partial charge is 0.311 e. The second kappa shape index (κ2) is 4.65. The minimum Gasteiger partial charge on any atom is -0.426 e. The first-order valence-electron chi connectivity index (χ1n) is 6.16.